The summed E-state index contributed by atoms with van der Waals surface area (Å²) in [5, 5.41) is 12.1. The minimum atomic E-state index is -3.74. The molecule has 7 nitrogen and oxygen atoms in total. The van der Waals surface area contributed by atoms with E-state index in [1.807, 2.05) is 0 Å². The molecule has 2 aromatic carbocycles. The van der Waals surface area contributed by atoms with E-state index in [9.17, 15) is 18.3 Å². The Morgan fingerprint density at radius 2 is 1.85 bits per heavy atom. The number of furan rings is 1. The van der Waals surface area contributed by atoms with E-state index in [-0.39, 0.29) is 27.8 Å². The number of benzene rings is 2. The maximum atomic E-state index is 12.3. The average Bonchev–Trinajstić information content (AvgIpc) is 3.17. The molecule has 1 heterocycles. The standard InChI is InChI=1S/C18H15ClN2O5S/c19-16-10-13(5-8-17(16)22)21-18(23)12-3-6-15(7-4-12)27(24,25)20-11-14-2-1-9-26-14/h1-10,20,22H,11H2,(H,21,23). The zero-order valence-electron chi connectivity index (χ0n) is 13.8. The lowest BCUT2D eigenvalue weighted by molar-refractivity contribution is 0.102. The molecular formula is C18H15ClN2O5S. The van der Waals surface area contributed by atoms with Gasteiger partial charge in [-0.3, -0.25) is 4.79 Å². The van der Waals surface area contributed by atoms with E-state index in [1.54, 1.807) is 12.1 Å². The molecule has 0 saturated carbocycles. The maximum absolute atomic E-state index is 12.3. The second-order valence-electron chi connectivity index (χ2n) is 5.55. The van der Waals surface area contributed by atoms with Crippen molar-refractivity contribution in [1.82, 2.24) is 4.72 Å². The van der Waals surface area contributed by atoms with Crippen molar-refractivity contribution in [3.05, 3.63) is 77.2 Å². The third-order valence-electron chi connectivity index (χ3n) is 3.65. The van der Waals surface area contributed by atoms with Gasteiger partial charge in [-0.2, -0.15) is 0 Å². The van der Waals surface area contributed by atoms with Crippen LogP contribution >= 0.6 is 11.6 Å². The van der Waals surface area contributed by atoms with Crippen LogP contribution in [-0.4, -0.2) is 19.4 Å². The van der Waals surface area contributed by atoms with Crippen LogP contribution in [0.25, 0.3) is 0 Å². The van der Waals surface area contributed by atoms with E-state index in [2.05, 4.69) is 10.0 Å². The first kappa shape index (κ1) is 19.0. The molecule has 0 aliphatic rings. The predicted molar refractivity (Wildman–Crippen MR) is 100 cm³/mol. The van der Waals surface area contributed by atoms with Gasteiger partial charge >= 0.3 is 0 Å². The number of carbonyl (C=O) groups excluding carboxylic acids is 1. The Balaban J connectivity index is 1.68. The van der Waals surface area contributed by atoms with Gasteiger partial charge in [0, 0.05) is 11.3 Å². The fraction of sp³-hybridized carbons (Fsp3) is 0.0556. The topological polar surface area (TPSA) is 109 Å². The molecular weight excluding hydrogens is 392 g/mol. The number of phenols is 1. The van der Waals surface area contributed by atoms with E-state index in [4.69, 9.17) is 16.0 Å². The molecule has 0 fully saturated rings. The van der Waals surface area contributed by atoms with Crippen molar-refractivity contribution in [1.29, 1.82) is 0 Å². The minimum Gasteiger partial charge on any atom is -0.506 e. The second kappa shape index (κ2) is 7.83. The van der Waals surface area contributed by atoms with Crippen molar-refractivity contribution in [3.63, 3.8) is 0 Å². The van der Waals surface area contributed by atoms with Gasteiger partial charge in [0.05, 0.1) is 22.7 Å². The normalized spacial score (nSPS) is 11.3. The molecule has 1 amide bonds. The van der Waals surface area contributed by atoms with Crippen LogP contribution in [0.4, 0.5) is 5.69 Å². The van der Waals surface area contributed by atoms with Crippen molar-refractivity contribution in [3.8, 4) is 5.75 Å². The number of phenolic OH excluding ortho intramolecular Hbond substituents is 1. The molecule has 0 spiro atoms. The van der Waals surface area contributed by atoms with E-state index in [0.717, 1.165) is 0 Å². The lowest BCUT2D eigenvalue weighted by Crippen LogP contribution is -2.23. The molecule has 9 heteroatoms. The Labute approximate surface area is 160 Å². The van der Waals surface area contributed by atoms with Crippen molar-refractivity contribution in [2.24, 2.45) is 0 Å². The maximum Gasteiger partial charge on any atom is 0.255 e. The number of sulfonamides is 1. The Morgan fingerprint density at radius 1 is 1.11 bits per heavy atom. The highest BCUT2D eigenvalue weighted by Crippen LogP contribution is 2.26. The van der Waals surface area contributed by atoms with Crippen molar-refractivity contribution in [2.75, 3.05) is 5.32 Å². The van der Waals surface area contributed by atoms with Gasteiger partial charge in [-0.25, -0.2) is 13.1 Å². The van der Waals surface area contributed by atoms with Crippen LogP contribution in [0.5, 0.6) is 5.75 Å². The molecule has 27 heavy (non-hydrogen) atoms. The van der Waals surface area contributed by atoms with Gasteiger partial charge < -0.3 is 14.8 Å². The number of hydrogen-bond donors (Lipinski definition) is 3. The molecule has 0 aliphatic carbocycles. The monoisotopic (exact) mass is 406 g/mol. The number of anilines is 1. The SMILES string of the molecule is O=C(Nc1ccc(O)c(Cl)c1)c1ccc(S(=O)(=O)NCc2ccco2)cc1. The van der Waals surface area contributed by atoms with E-state index >= 15 is 0 Å². The number of aromatic hydroxyl groups is 1. The summed E-state index contributed by atoms with van der Waals surface area (Å²) >= 11 is 5.80. The lowest BCUT2D eigenvalue weighted by atomic mass is 10.2. The Morgan fingerprint density at radius 3 is 2.48 bits per heavy atom. The summed E-state index contributed by atoms with van der Waals surface area (Å²) in [6, 6.07) is 13.1. The Kier molecular flexibility index (Phi) is 5.50. The number of nitrogens with one attached hydrogen (secondary N) is 2. The number of halogens is 1. The summed E-state index contributed by atoms with van der Waals surface area (Å²) in [5.41, 5.74) is 0.670. The van der Waals surface area contributed by atoms with Gasteiger partial charge in [0.15, 0.2) is 0 Å². The van der Waals surface area contributed by atoms with Crippen LogP contribution < -0.4 is 10.0 Å². The molecule has 0 saturated heterocycles. The molecule has 3 rings (SSSR count). The fourth-order valence-corrected chi connectivity index (χ4v) is 3.41. The molecule has 140 valence electrons. The molecule has 0 unspecified atom stereocenters. The first-order valence-electron chi connectivity index (χ1n) is 7.77. The summed E-state index contributed by atoms with van der Waals surface area (Å²) in [7, 11) is -3.74. The van der Waals surface area contributed by atoms with Crippen molar-refractivity contribution < 1.29 is 22.7 Å². The highest BCUT2D eigenvalue weighted by atomic mass is 35.5. The van der Waals surface area contributed by atoms with Gasteiger partial charge in [0.25, 0.3) is 5.91 Å². The average molecular weight is 407 g/mol. The molecule has 0 bridgehead atoms. The van der Waals surface area contributed by atoms with Crippen LogP contribution in [-0.2, 0) is 16.6 Å². The lowest BCUT2D eigenvalue weighted by Gasteiger charge is -2.08. The molecule has 1 aromatic heterocycles. The first-order chi connectivity index (χ1) is 12.8. The van der Waals surface area contributed by atoms with Crippen molar-refractivity contribution in [2.45, 2.75) is 11.4 Å². The molecule has 0 aliphatic heterocycles. The number of amides is 1. The number of hydrogen-bond acceptors (Lipinski definition) is 5. The van der Waals surface area contributed by atoms with Gasteiger partial charge in [0.1, 0.15) is 11.5 Å². The van der Waals surface area contributed by atoms with Gasteiger partial charge in [0.2, 0.25) is 10.0 Å². The Bertz CT molecular complexity index is 1050. The summed E-state index contributed by atoms with van der Waals surface area (Å²) < 4.78 is 32.1. The molecule has 0 atom stereocenters. The highest BCUT2D eigenvalue weighted by molar-refractivity contribution is 7.89. The summed E-state index contributed by atoms with van der Waals surface area (Å²) in [6.07, 6.45) is 1.46. The molecule has 3 aromatic rings. The summed E-state index contributed by atoms with van der Waals surface area (Å²) in [4.78, 5) is 12.3. The number of rotatable bonds is 6. The Hall–Kier alpha value is -2.81. The van der Waals surface area contributed by atoms with Crippen LogP contribution in [0.2, 0.25) is 5.02 Å². The summed E-state index contributed by atoms with van der Waals surface area (Å²) in [5.74, 6) is -0.0438. The predicted octanol–water partition coefficient (Wildman–Crippen LogP) is 3.37. The minimum absolute atomic E-state index is 0.0262. The van der Waals surface area contributed by atoms with Gasteiger partial charge in [-0.15, -0.1) is 0 Å². The third kappa shape index (κ3) is 4.68. The van der Waals surface area contributed by atoms with Gasteiger partial charge in [-0.05, 0) is 54.6 Å². The van der Waals surface area contributed by atoms with E-state index in [0.29, 0.717) is 11.4 Å². The zero-order chi connectivity index (χ0) is 19.4. The molecule has 3 N–H and O–H groups in total. The van der Waals surface area contributed by atoms with Gasteiger partial charge in [-0.1, -0.05) is 11.6 Å². The highest BCUT2D eigenvalue weighted by Gasteiger charge is 2.15. The second-order valence-corrected chi connectivity index (χ2v) is 7.72. The first-order valence-corrected chi connectivity index (χ1v) is 9.63. The van der Waals surface area contributed by atoms with E-state index < -0.39 is 15.9 Å². The van der Waals surface area contributed by atoms with Crippen molar-refractivity contribution >= 4 is 33.2 Å². The number of carbonyl (C=O) groups is 1. The van der Waals surface area contributed by atoms with Crippen LogP contribution in [0.3, 0.4) is 0 Å². The van der Waals surface area contributed by atoms with Crippen LogP contribution in [0, 0.1) is 0 Å². The van der Waals surface area contributed by atoms with Crippen LogP contribution in [0.1, 0.15) is 16.1 Å². The van der Waals surface area contributed by atoms with Crippen LogP contribution in [0.15, 0.2) is 70.2 Å². The molecule has 0 radical (unpaired) electrons. The third-order valence-corrected chi connectivity index (χ3v) is 5.37. The summed E-state index contributed by atoms with van der Waals surface area (Å²) in [6.45, 7) is 0.0270. The largest absolute Gasteiger partial charge is 0.506 e. The smallest absolute Gasteiger partial charge is 0.255 e. The quantitative estimate of drug-likeness (QED) is 0.544. The zero-order valence-corrected chi connectivity index (χ0v) is 15.4. The fourth-order valence-electron chi connectivity index (χ4n) is 2.24. The van der Waals surface area contributed by atoms with E-state index in [1.165, 1.54) is 48.7 Å².